The molecule has 1 heterocycles. The van der Waals surface area contributed by atoms with Gasteiger partial charge >= 0.3 is 0 Å². The summed E-state index contributed by atoms with van der Waals surface area (Å²) in [7, 11) is 0. The Balaban J connectivity index is 2.11. The summed E-state index contributed by atoms with van der Waals surface area (Å²) >= 11 is 1.87. The predicted molar refractivity (Wildman–Crippen MR) is 73.4 cm³/mol. The molecule has 0 atom stereocenters. The van der Waals surface area contributed by atoms with Gasteiger partial charge < -0.3 is 11.1 Å². The van der Waals surface area contributed by atoms with Crippen LogP contribution in [0.1, 0.15) is 20.3 Å². The molecule has 1 aliphatic rings. The number of nitrogens with two attached hydrogens (primary N) is 1. The minimum Gasteiger partial charge on any atom is -0.397 e. The zero-order chi connectivity index (χ0) is 11.6. The lowest BCUT2D eigenvalue weighted by atomic mass is 9.90. The topological polar surface area (TPSA) is 38.0 Å². The van der Waals surface area contributed by atoms with Gasteiger partial charge in [-0.15, -0.1) is 11.8 Å². The fraction of sp³-hybridized carbons (Fsp3) is 0.385. The highest BCUT2D eigenvalue weighted by Gasteiger charge is 2.23. The number of rotatable bonds is 2. The van der Waals surface area contributed by atoms with Crippen LogP contribution in [-0.2, 0) is 0 Å². The first-order valence-corrected chi connectivity index (χ1v) is 6.54. The number of hydrogen-bond donors (Lipinski definition) is 2. The number of hydrogen-bond acceptors (Lipinski definition) is 3. The predicted octanol–water partition coefficient (Wildman–Crippen LogP) is 3.69. The maximum atomic E-state index is 5.91. The van der Waals surface area contributed by atoms with Crippen LogP contribution in [0.15, 0.2) is 35.4 Å². The summed E-state index contributed by atoms with van der Waals surface area (Å²) < 4.78 is 0. The minimum atomic E-state index is 0.366. The Morgan fingerprint density at radius 2 is 2.06 bits per heavy atom. The molecule has 0 bridgehead atoms. The molecule has 0 amide bonds. The van der Waals surface area contributed by atoms with E-state index in [0.717, 1.165) is 17.8 Å². The van der Waals surface area contributed by atoms with Gasteiger partial charge in [-0.05, 0) is 29.4 Å². The van der Waals surface area contributed by atoms with Gasteiger partial charge in [-0.2, -0.15) is 0 Å². The van der Waals surface area contributed by atoms with Crippen molar-refractivity contribution < 1.29 is 0 Å². The molecule has 0 saturated carbocycles. The van der Waals surface area contributed by atoms with Gasteiger partial charge in [0.15, 0.2) is 0 Å². The molecule has 0 saturated heterocycles. The van der Waals surface area contributed by atoms with Gasteiger partial charge in [-0.3, -0.25) is 0 Å². The number of anilines is 2. The molecule has 2 nitrogen and oxygen atoms in total. The quantitative estimate of drug-likeness (QED) is 0.766. The summed E-state index contributed by atoms with van der Waals surface area (Å²) in [5.41, 5.74) is 9.35. The molecule has 1 aromatic carbocycles. The Morgan fingerprint density at radius 1 is 1.31 bits per heavy atom. The van der Waals surface area contributed by atoms with E-state index < -0.39 is 0 Å². The Labute approximate surface area is 101 Å². The molecule has 0 spiro atoms. The largest absolute Gasteiger partial charge is 0.397 e. The fourth-order valence-electron chi connectivity index (χ4n) is 1.83. The second-order valence-corrected chi connectivity index (χ2v) is 5.87. The molecule has 16 heavy (non-hydrogen) atoms. The van der Waals surface area contributed by atoms with Crippen molar-refractivity contribution in [2.45, 2.75) is 20.3 Å². The van der Waals surface area contributed by atoms with Crippen molar-refractivity contribution >= 4 is 23.1 Å². The number of nitrogen functional groups attached to an aromatic ring is 1. The third-order valence-corrected chi connectivity index (χ3v) is 4.02. The molecule has 86 valence electrons. The lowest BCUT2D eigenvalue weighted by Crippen LogP contribution is -2.21. The maximum absolute atomic E-state index is 5.91. The zero-order valence-electron chi connectivity index (χ0n) is 9.79. The highest BCUT2D eigenvalue weighted by atomic mass is 32.2. The second kappa shape index (κ2) is 4.42. The van der Waals surface area contributed by atoms with E-state index in [2.05, 4.69) is 24.6 Å². The first-order valence-electron chi connectivity index (χ1n) is 5.49. The van der Waals surface area contributed by atoms with Crippen molar-refractivity contribution in [1.82, 2.24) is 0 Å². The van der Waals surface area contributed by atoms with E-state index in [1.165, 1.54) is 11.4 Å². The lowest BCUT2D eigenvalue weighted by Gasteiger charge is -2.29. The highest BCUT2D eigenvalue weighted by Crippen LogP contribution is 2.36. The molecule has 2 rings (SSSR count). The van der Waals surface area contributed by atoms with Crippen molar-refractivity contribution in [3.05, 3.63) is 35.4 Å². The molecular formula is C13H18N2S. The molecule has 0 unspecified atom stereocenters. The van der Waals surface area contributed by atoms with Gasteiger partial charge in [0.25, 0.3) is 0 Å². The van der Waals surface area contributed by atoms with Crippen LogP contribution in [-0.4, -0.2) is 5.75 Å². The van der Waals surface area contributed by atoms with E-state index in [1.807, 2.05) is 36.0 Å². The summed E-state index contributed by atoms with van der Waals surface area (Å²) in [6.07, 6.45) is 1.08. The van der Waals surface area contributed by atoms with Crippen LogP contribution in [0.5, 0.6) is 0 Å². The molecule has 0 fully saturated rings. The monoisotopic (exact) mass is 234 g/mol. The summed E-state index contributed by atoms with van der Waals surface area (Å²) in [6, 6.07) is 7.89. The zero-order valence-corrected chi connectivity index (χ0v) is 10.6. The van der Waals surface area contributed by atoms with E-state index in [1.54, 1.807) is 0 Å². The van der Waals surface area contributed by atoms with Crippen LogP contribution in [0.3, 0.4) is 0 Å². The Morgan fingerprint density at radius 3 is 2.75 bits per heavy atom. The SMILES string of the molecule is CC1(C)CSC=C(Nc2ccccc2N)C1. The first-order chi connectivity index (χ1) is 7.57. The molecule has 1 aromatic rings. The Bertz CT molecular complexity index is 410. The number of thioether (sulfide) groups is 1. The van der Waals surface area contributed by atoms with E-state index in [-0.39, 0.29) is 0 Å². The van der Waals surface area contributed by atoms with E-state index in [9.17, 15) is 0 Å². The summed E-state index contributed by atoms with van der Waals surface area (Å²) in [4.78, 5) is 0. The van der Waals surface area contributed by atoms with Gasteiger partial charge in [-0.25, -0.2) is 0 Å². The van der Waals surface area contributed by atoms with Crippen molar-refractivity contribution in [2.24, 2.45) is 5.41 Å². The van der Waals surface area contributed by atoms with E-state index in [4.69, 9.17) is 5.73 Å². The number of benzene rings is 1. The van der Waals surface area contributed by atoms with Gasteiger partial charge in [0, 0.05) is 11.4 Å². The normalized spacial score (nSPS) is 19.0. The Kier molecular flexibility index (Phi) is 3.15. The highest BCUT2D eigenvalue weighted by molar-refractivity contribution is 8.02. The summed E-state index contributed by atoms with van der Waals surface area (Å²) in [5.74, 6) is 1.18. The number of para-hydroxylation sites is 2. The molecule has 3 heteroatoms. The lowest BCUT2D eigenvalue weighted by molar-refractivity contribution is 0.418. The average molecular weight is 234 g/mol. The van der Waals surface area contributed by atoms with Crippen LogP contribution < -0.4 is 11.1 Å². The summed E-state index contributed by atoms with van der Waals surface area (Å²) in [6.45, 7) is 4.59. The minimum absolute atomic E-state index is 0.366. The van der Waals surface area contributed by atoms with Crippen molar-refractivity contribution in [2.75, 3.05) is 16.8 Å². The van der Waals surface area contributed by atoms with Gasteiger partial charge in [0.05, 0.1) is 11.4 Å². The van der Waals surface area contributed by atoms with Crippen molar-refractivity contribution in [3.63, 3.8) is 0 Å². The van der Waals surface area contributed by atoms with Crippen LogP contribution in [0.25, 0.3) is 0 Å². The van der Waals surface area contributed by atoms with E-state index in [0.29, 0.717) is 5.41 Å². The molecule has 0 aliphatic carbocycles. The number of nitrogens with one attached hydrogen (secondary N) is 1. The molecule has 0 radical (unpaired) electrons. The van der Waals surface area contributed by atoms with Crippen LogP contribution in [0.2, 0.25) is 0 Å². The van der Waals surface area contributed by atoms with Crippen LogP contribution >= 0.6 is 11.8 Å². The summed E-state index contributed by atoms with van der Waals surface area (Å²) in [5, 5.41) is 5.63. The van der Waals surface area contributed by atoms with E-state index >= 15 is 0 Å². The van der Waals surface area contributed by atoms with Crippen LogP contribution in [0.4, 0.5) is 11.4 Å². The third kappa shape index (κ3) is 2.73. The standard InChI is InChI=1S/C13H18N2S/c1-13(2)7-10(8-16-9-13)15-12-6-4-3-5-11(12)14/h3-6,8,15H,7,9,14H2,1-2H3. The second-order valence-electron chi connectivity index (χ2n) is 5.01. The Hall–Kier alpha value is -1.09. The van der Waals surface area contributed by atoms with Gasteiger partial charge in [0.1, 0.15) is 0 Å². The number of allylic oxidation sites excluding steroid dienone is 1. The molecule has 1 aliphatic heterocycles. The average Bonchev–Trinajstić information content (AvgIpc) is 2.20. The molecular weight excluding hydrogens is 216 g/mol. The van der Waals surface area contributed by atoms with Crippen LogP contribution in [0, 0.1) is 5.41 Å². The fourth-order valence-corrected chi connectivity index (χ4v) is 2.81. The molecule has 3 N–H and O–H groups in total. The van der Waals surface area contributed by atoms with Crippen molar-refractivity contribution in [1.29, 1.82) is 0 Å². The van der Waals surface area contributed by atoms with Crippen molar-refractivity contribution in [3.8, 4) is 0 Å². The first kappa shape index (κ1) is 11.4. The van der Waals surface area contributed by atoms with Gasteiger partial charge in [-0.1, -0.05) is 26.0 Å². The third-order valence-electron chi connectivity index (χ3n) is 2.62. The maximum Gasteiger partial charge on any atom is 0.0615 e. The smallest absolute Gasteiger partial charge is 0.0615 e. The van der Waals surface area contributed by atoms with Gasteiger partial charge in [0.2, 0.25) is 0 Å². The molecule has 0 aromatic heterocycles.